The highest BCUT2D eigenvalue weighted by molar-refractivity contribution is 5.73. The maximum atomic E-state index is 10.5. The number of nitrogens with zero attached hydrogens (tertiary/aromatic N) is 3. The number of hydrogen-bond donors (Lipinski definition) is 1. The number of rotatable bonds is 2. The number of nitrogens with two attached hydrogens (primary N) is 1. The standard InChI is InChI=1S/C7H8N4O/c1-5-6(2-8)3-11(10-5)4-7(9)12/h3H,4H2,1H3,(H2,9,12). The molecule has 0 aliphatic carbocycles. The number of nitriles is 1. The van der Waals surface area contributed by atoms with Gasteiger partial charge in [-0.2, -0.15) is 10.4 Å². The van der Waals surface area contributed by atoms with Crippen LogP contribution in [0.1, 0.15) is 11.3 Å². The third-order valence-electron chi connectivity index (χ3n) is 1.38. The molecule has 0 saturated carbocycles. The Hall–Kier alpha value is -1.83. The van der Waals surface area contributed by atoms with E-state index < -0.39 is 5.91 Å². The van der Waals surface area contributed by atoms with Crippen LogP contribution in [0.5, 0.6) is 0 Å². The number of hydrogen-bond acceptors (Lipinski definition) is 3. The molecular formula is C7H8N4O. The van der Waals surface area contributed by atoms with Crippen molar-refractivity contribution in [3.63, 3.8) is 0 Å². The molecule has 0 spiro atoms. The first-order valence-corrected chi connectivity index (χ1v) is 3.36. The fraction of sp³-hybridized carbons (Fsp3) is 0.286. The van der Waals surface area contributed by atoms with E-state index in [-0.39, 0.29) is 6.54 Å². The van der Waals surface area contributed by atoms with E-state index in [0.717, 1.165) is 0 Å². The number of aryl methyl sites for hydroxylation is 1. The Morgan fingerprint density at radius 1 is 1.92 bits per heavy atom. The molecule has 0 bridgehead atoms. The van der Waals surface area contributed by atoms with Gasteiger partial charge in [-0.1, -0.05) is 0 Å². The van der Waals surface area contributed by atoms with Gasteiger partial charge in [-0.3, -0.25) is 9.48 Å². The summed E-state index contributed by atoms with van der Waals surface area (Å²) in [4.78, 5) is 10.5. The molecule has 5 heteroatoms. The maximum absolute atomic E-state index is 10.5. The number of carbonyl (C=O) groups excluding carboxylic acids is 1. The lowest BCUT2D eigenvalue weighted by atomic mass is 10.3. The van der Waals surface area contributed by atoms with E-state index in [1.54, 1.807) is 6.92 Å². The lowest BCUT2D eigenvalue weighted by molar-refractivity contribution is -0.118. The van der Waals surface area contributed by atoms with Crippen molar-refractivity contribution in [1.82, 2.24) is 9.78 Å². The molecule has 5 nitrogen and oxygen atoms in total. The second kappa shape index (κ2) is 3.05. The van der Waals surface area contributed by atoms with Gasteiger partial charge >= 0.3 is 0 Å². The molecule has 0 atom stereocenters. The molecule has 2 N–H and O–H groups in total. The van der Waals surface area contributed by atoms with Crippen molar-refractivity contribution < 1.29 is 4.79 Å². The lowest BCUT2D eigenvalue weighted by Gasteiger charge is -1.93. The molecule has 0 unspecified atom stereocenters. The molecule has 0 aliphatic heterocycles. The van der Waals surface area contributed by atoms with Crippen LogP contribution in [0, 0.1) is 18.3 Å². The number of amides is 1. The Morgan fingerprint density at radius 2 is 2.58 bits per heavy atom. The van der Waals surface area contributed by atoms with E-state index in [9.17, 15) is 4.79 Å². The van der Waals surface area contributed by atoms with Crippen LogP contribution in [0.15, 0.2) is 6.20 Å². The average Bonchev–Trinajstić information content (AvgIpc) is 2.29. The minimum Gasteiger partial charge on any atom is -0.368 e. The minimum absolute atomic E-state index is 0.0164. The van der Waals surface area contributed by atoms with Gasteiger partial charge in [-0.25, -0.2) is 0 Å². The Kier molecular flexibility index (Phi) is 2.10. The topological polar surface area (TPSA) is 84.7 Å². The summed E-state index contributed by atoms with van der Waals surface area (Å²) in [6.07, 6.45) is 1.50. The van der Waals surface area contributed by atoms with Crippen LogP contribution in [0.2, 0.25) is 0 Å². The minimum atomic E-state index is -0.470. The van der Waals surface area contributed by atoms with Crippen LogP contribution < -0.4 is 5.73 Å². The summed E-state index contributed by atoms with van der Waals surface area (Å²) in [6, 6.07) is 1.95. The Labute approximate surface area is 69.4 Å². The fourth-order valence-electron chi connectivity index (χ4n) is 0.868. The molecule has 1 aromatic heterocycles. The first-order chi connectivity index (χ1) is 5.63. The van der Waals surface area contributed by atoms with Crippen molar-refractivity contribution in [3.05, 3.63) is 17.5 Å². The molecule has 1 heterocycles. The zero-order valence-electron chi connectivity index (χ0n) is 6.61. The second-order valence-electron chi connectivity index (χ2n) is 2.40. The SMILES string of the molecule is Cc1nn(CC(N)=O)cc1C#N. The van der Waals surface area contributed by atoms with Crippen LogP contribution in [-0.4, -0.2) is 15.7 Å². The zero-order valence-corrected chi connectivity index (χ0v) is 6.61. The van der Waals surface area contributed by atoms with Crippen molar-refractivity contribution in [1.29, 1.82) is 5.26 Å². The van der Waals surface area contributed by atoms with Gasteiger partial charge in [0.2, 0.25) is 5.91 Å². The Balaban J connectivity index is 2.91. The molecule has 0 saturated heterocycles. The van der Waals surface area contributed by atoms with Gasteiger partial charge in [0, 0.05) is 6.20 Å². The predicted molar refractivity (Wildman–Crippen MR) is 40.9 cm³/mol. The summed E-state index contributed by atoms with van der Waals surface area (Å²) in [7, 11) is 0. The summed E-state index contributed by atoms with van der Waals surface area (Å²) in [5.41, 5.74) is 6.02. The zero-order chi connectivity index (χ0) is 9.14. The van der Waals surface area contributed by atoms with Gasteiger partial charge < -0.3 is 5.73 Å². The second-order valence-corrected chi connectivity index (χ2v) is 2.40. The third kappa shape index (κ3) is 1.61. The van der Waals surface area contributed by atoms with E-state index in [2.05, 4.69) is 5.10 Å². The van der Waals surface area contributed by atoms with Crippen LogP contribution in [0.3, 0.4) is 0 Å². The van der Waals surface area contributed by atoms with E-state index >= 15 is 0 Å². The Morgan fingerprint density at radius 3 is 3.00 bits per heavy atom. The van der Waals surface area contributed by atoms with Gasteiger partial charge in [0.1, 0.15) is 12.6 Å². The van der Waals surface area contributed by atoms with Gasteiger partial charge in [-0.05, 0) is 6.92 Å². The molecule has 0 radical (unpaired) electrons. The molecule has 62 valence electrons. The predicted octanol–water partition coefficient (Wildman–Crippen LogP) is -0.452. The maximum Gasteiger partial charge on any atom is 0.239 e. The number of aromatic nitrogens is 2. The van der Waals surface area contributed by atoms with Crippen molar-refractivity contribution in [2.24, 2.45) is 5.73 Å². The number of carbonyl (C=O) groups is 1. The van der Waals surface area contributed by atoms with Crippen LogP contribution >= 0.6 is 0 Å². The van der Waals surface area contributed by atoms with Crippen molar-refractivity contribution >= 4 is 5.91 Å². The van der Waals surface area contributed by atoms with Crippen molar-refractivity contribution in [2.75, 3.05) is 0 Å². The molecule has 0 aliphatic rings. The summed E-state index contributed by atoms with van der Waals surface area (Å²) in [6.45, 7) is 1.72. The molecule has 12 heavy (non-hydrogen) atoms. The first-order valence-electron chi connectivity index (χ1n) is 3.36. The van der Waals surface area contributed by atoms with E-state index in [0.29, 0.717) is 11.3 Å². The fourth-order valence-corrected chi connectivity index (χ4v) is 0.868. The molecule has 0 aromatic carbocycles. The quantitative estimate of drug-likeness (QED) is 0.642. The monoisotopic (exact) mass is 164 g/mol. The molecule has 1 amide bonds. The van der Waals surface area contributed by atoms with E-state index in [4.69, 9.17) is 11.0 Å². The highest BCUT2D eigenvalue weighted by Gasteiger charge is 2.04. The number of primary amides is 1. The van der Waals surface area contributed by atoms with Crippen molar-refractivity contribution in [2.45, 2.75) is 13.5 Å². The smallest absolute Gasteiger partial charge is 0.239 e. The van der Waals surface area contributed by atoms with E-state index in [1.807, 2.05) is 6.07 Å². The summed E-state index contributed by atoms with van der Waals surface area (Å²) < 4.78 is 1.36. The molecule has 1 aromatic rings. The molecule has 0 fully saturated rings. The largest absolute Gasteiger partial charge is 0.368 e. The highest BCUT2D eigenvalue weighted by atomic mass is 16.1. The van der Waals surface area contributed by atoms with Crippen LogP contribution in [-0.2, 0) is 11.3 Å². The highest BCUT2D eigenvalue weighted by Crippen LogP contribution is 2.02. The van der Waals surface area contributed by atoms with Crippen LogP contribution in [0.4, 0.5) is 0 Å². The van der Waals surface area contributed by atoms with E-state index in [1.165, 1.54) is 10.9 Å². The van der Waals surface area contributed by atoms with Gasteiger partial charge in [0.05, 0.1) is 11.3 Å². The van der Waals surface area contributed by atoms with Gasteiger partial charge in [0.25, 0.3) is 0 Å². The Bertz CT molecular complexity index is 347. The summed E-state index contributed by atoms with van der Waals surface area (Å²) in [5.74, 6) is -0.470. The average molecular weight is 164 g/mol. The van der Waals surface area contributed by atoms with Crippen molar-refractivity contribution in [3.8, 4) is 6.07 Å². The first kappa shape index (κ1) is 8.27. The molecule has 1 rings (SSSR count). The van der Waals surface area contributed by atoms with Crippen LogP contribution in [0.25, 0.3) is 0 Å². The summed E-state index contributed by atoms with van der Waals surface area (Å²) >= 11 is 0. The lowest BCUT2D eigenvalue weighted by Crippen LogP contribution is -2.18. The third-order valence-corrected chi connectivity index (χ3v) is 1.38. The normalized spacial score (nSPS) is 9.33. The van der Waals surface area contributed by atoms with Gasteiger partial charge in [-0.15, -0.1) is 0 Å². The summed E-state index contributed by atoms with van der Waals surface area (Å²) in [5, 5.41) is 12.5. The molecular weight excluding hydrogens is 156 g/mol. The van der Waals surface area contributed by atoms with Gasteiger partial charge in [0.15, 0.2) is 0 Å².